The minimum Gasteiger partial charge on any atom is -0.493 e. The Morgan fingerprint density at radius 1 is 1.36 bits per heavy atom. The highest BCUT2D eigenvalue weighted by Crippen LogP contribution is 2.26. The summed E-state index contributed by atoms with van der Waals surface area (Å²) in [6.07, 6.45) is 3.08. The molecule has 0 fully saturated rings. The summed E-state index contributed by atoms with van der Waals surface area (Å²) in [5, 5.41) is 5.90. The fraction of sp³-hybridized carbons (Fsp3) is 0.375. The number of hydrogen-bond donors (Lipinski definition) is 2. The summed E-state index contributed by atoms with van der Waals surface area (Å²) in [4.78, 5) is 8.07. The summed E-state index contributed by atoms with van der Waals surface area (Å²) in [6, 6.07) is 8.12. The third kappa shape index (κ3) is 3.27. The van der Waals surface area contributed by atoms with Gasteiger partial charge in [-0.25, -0.2) is 9.37 Å². The van der Waals surface area contributed by atoms with Gasteiger partial charge in [0.2, 0.25) is 5.95 Å². The maximum Gasteiger partial charge on any atom is 0.224 e. The maximum atomic E-state index is 13.4. The lowest BCUT2D eigenvalue weighted by Gasteiger charge is -2.15. The van der Waals surface area contributed by atoms with Crippen LogP contribution in [0.2, 0.25) is 0 Å². The molecule has 2 heterocycles. The Morgan fingerprint density at radius 3 is 3.09 bits per heavy atom. The molecule has 0 spiro atoms. The Kier molecular flexibility index (Phi) is 4.37. The van der Waals surface area contributed by atoms with Gasteiger partial charge in [-0.1, -0.05) is 18.2 Å². The molecule has 0 saturated carbocycles. The summed E-state index contributed by atoms with van der Waals surface area (Å²) in [6.45, 7) is 1.43. The number of halogens is 1. The molecule has 2 aromatic rings. The first-order chi connectivity index (χ1) is 10.8. The number of ether oxygens (including phenoxy) is 1. The quantitative estimate of drug-likeness (QED) is 0.909. The van der Waals surface area contributed by atoms with Gasteiger partial charge in [0, 0.05) is 13.6 Å². The van der Waals surface area contributed by atoms with Crippen molar-refractivity contribution in [2.24, 2.45) is 5.92 Å². The zero-order valence-corrected chi connectivity index (χ0v) is 12.5. The molecule has 22 heavy (non-hydrogen) atoms. The SMILES string of the molecule is CNc1nc(NCC2CCOc3ccccc3C2)ncc1F. The van der Waals surface area contributed by atoms with Crippen LogP contribution in [-0.4, -0.2) is 30.2 Å². The molecule has 0 amide bonds. The molecule has 1 aromatic carbocycles. The number of hydrogen-bond acceptors (Lipinski definition) is 5. The first kappa shape index (κ1) is 14.6. The average molecular weight is 302 g/mol. The second-order valence-corrected chi connectivity index (χ2v) is 5.34. The number of fused-ring (bicyclic) bond motifs is 1. The minimum atomic E-state index is -0.454. The third-order valence-electron chi connectivity index (χ3n) is 3.79. The maximum absolute atomic E-state index is 13.4. The van der Waals surface area contributed by atoms with E-state index in [1.54, 1.807) is 7.05 Å². The minimum absolute atomic E-state index is 0.201. The van der Waals surface area contributed by atoms with Gasteiger partial charge in [0.05, 0.1) is 12.8 Å². The monoisotopic (exact) mass is 302 g/mol. The number of anilines is 2. The number of aromatic nitrogens is 2. The summed E-state index contributed by atoms with van der Waals surface area (Å²) in [7, 11) is 1.63. The van der Waals surface area contributed by atoms with Crippen molar-refractivity contribution >= 4 is 11.8 Å². The average Bonchev–Trinajstić information content (AvgIpc) is 2.76. The molecule has 1 atom stereocenters. The molecule has 6 heteroatoms. The van der Waals surface area contributed by atoms with E-state index < -0.39 is 5.82 Å². The molecule has 3 rings (SSSR count). The molecule has 1 aliphatic heterocycles. The molecule has 0 bridgehead atoms. The highest BCUT2D eigenvalue weighted by molar-refractivity contribution is 5.40. The van der Waals surface area contributed by atoms with Crippen LogP contribution in [0.1, 0.15) is 12.0 Å². The van der Waals surface area contributed by atoms with E-state index in [9.17, 15) is 4.39 Å². The van der Waals surface area contributed by atoms with E-state index in [1.807, 2.05) is 18.2 Å². The van der Waals surface area contributed by atoms with E-state index >= 15 is 0 Å². The molecule has 2 N–H and O–H groups in total. The first-order valence-corrected chi connectivity index (χ1v) is 7.41. The van der Waals surface area contributed by atoms with Crippen molar-refractivity contribution in [1.82, 2.24) is 9.97 Å². The van der Waals surface area contributed by atoms with Crippen LogP contribution in [0.15, 0.2) is 30.5 Å². The normalized spacial score (nSPS) is 17.1. The topological polar surface area (TPSA) is 59.1 Å². The number of rotatable bonds is 4. The smallest absolute Gasteiger partial charge is 0.224 e. The number of benzene rings is 1. The van der Waals surface area contributed by atoms with Crippen LogP contribution in [0.5, 0.6) is 5.75 Å². The Labute approximate surface area is 128 Å². The second-order valence-electron chi connectivity index (χ2n) is 5.34. The Bertz CT molecular complexity index is 650. The third-order valence-corrected chi connectivity index (χ3v) is 3.79. The zero-order valence-electron chi connectivity index (χ0n) is 12.5. The van der Waals surface area contributed by atoms with Crippen LogP contribution in [0.4, 0.5) is 16.2 Å². The summed E-state index contributed by atoms with van der Waals surface area (Å²) in [5.41, 5.74) is 1.22. The molecule has 1 aliphatic rings. The van der Waals surface area contributed by atoms with Gasteiger partial charge in [0.15, 0.2) is 11.6 Å². The first-order valence-electron chi connectivity index (χ1n) is 7.41. The molecule has 1 aromatic heterocycles. The predicted octanol–water partition coefficient (Wildman–Crippen LogP) is 2.71. The van der Waals surface area contributed by atoms with Crippen molar-refractivity contribution in [3.63, 3.8) is 0 Å². The zero-order chi connectivity index (χ0) is 15.4. The molecule has 5 nitrogen and oxygen atoms in total. The lowest BCUT2D eigenvalue weighted by molar-refractivity contribution is 0.298. The van der Waals surface area contributed by atoms with Crippen LogP contribution in [0.25, 0.3) is 0 Å². The van der Waals surface area contributed by atoms with Gasteiger partial charge in [-0.3, -0.25) is 0 Å². The van der Waals surface area contributed by atoms with Crippen LogP contribution >= 0.6 is 0 Å². The summed E-state index contributed by atoms with van der Waals surface area (Å²) >= 11 is 0. The van der Waals surface area contributed by atoms with Crippen molar-refractivity contribution < 1.29 is 9.13 Å². The van der Waals surface area contributed by atoms with E-state index in [2.05, 4.69) is 26.7 Å². The van der Waals surface area contributed by atoms with Crippen molar-refractivity contribution in [3.8, 4) is 5.75 Å². The number of nitrogens with zero attached hydrogens (tertiary/aromatic N) is 2. The van der Waals surface area contributed by atoms with Gasteiger partial charge >= 0.3 is 0 Å². The Balaban J connectivity index is 1.64. The van der Waals surface area contributed by atoms with E-state index in [4.69, 9.17) is 4.74 Å². The number of nitrogens with one attached hydrogen (secondary N) is 2. The Hall–Kier alpha value is -2.37. The van der Waals surface area contributed by atoms with Crippen molar-refractivity contribution in [2.45, 2.75) is 12.8 Å². The molecule has 0 aliphatic carbocycles. The molecule has 0 radical (unpaired) electrons. The van der Waals surface area contributed by atoms with Gasteiger partial charge in [-0.2, -0.15) is 4.98 Å². The molecular formula is C16H19FN4O. The van der Waals surface area contributed by atoms with Gasteiger partial charge in [-0.05, 0) is 30.4 Å². The number of para-hydroxylation sites is 1. The van der Waals surface area contributed by atoms with Gasteiger partial charge < -0.3 is 15.4 Å². The van der Waals surface area contributed by atoms with E-state index in [0.29, 0.717) is 18.5 Å². The predicted molar refractivity (Wildman–Crippen MR) is 83.8 cm³/mol. The molecule has 116 valence electrons. The van der Waals surface area contributed by atoms with Crippen molar-refractivity contribution in [1.29, 1.82) is 0 Å². The van der Waals surface area contributed by atoms with Crippen LogP contribution in [-0.2, 0) is 6.42 Å². The molecule has 1 unspecified atom stereocenters. The largest absolute Gasteiger partial charge is 0.493 e. The van der Waals surface area contributed by atoms with Crippen molar-refractivity contribution in [2.75, 3.05) is 30.8 Å². The fourth-order valence-electron chi connectivity index (χ4n) is 2.60. The van der Waals surface area contributed by atoms with Gasteiger partial charge in [0.1, 0.15) is 5.75 Å². The molecule has 0 saturated heterocycles. The van der Waals surface area contributed by atoms with E-state index in [-0.39, 0.29) is 5.82 Å². The van der Waals surface area contributed by atoms with Crippen LogP contribution < -0.4 is 15.4 Å². The highest BCUT2D eigenvalue weighted by atomic mass is 19.1. The van der Waals surface area contributed by atoms with E-state index in [1.165, 1.54) is 11.8 Å². The lowest BCUT2D eigenvalue weighted by atomic mass is 9.97. The van der Waals surface area contributed by atoms with Gasteiger partial charge in [-0.15, -0.1) is 0 Å². The lowest BCUT2D eigenvalue weighted by Crippen LogP contribution is -2.19. The molecular weight excluding hydrogens is 283 g/mol. The van der Waals surface area contributed by atoms with Gasteiger partial charge in [0.25, 0.3) is 0 Å². The Morgan fingerprint density at radius 2 is 2.23 bits per heavy atom. The highest BCUT2D eigenvalue weighted by Gasteiger charge is 2.17. The fourth-order valence-corrected chi connectivity index (χ4v) is 2.60. The second kappa shape index (κ2) is 6.60. The standard InChI is InChI=1S/C16H19FN4O/c1-18-15-13(17)10-20-16(21-15)19-9-11-6-7-22-14-5-3-2-4-12(14)8-11/h2-5,10-11H,6-9H2,1H3,(H2,18,19,20,21). The summed E-state index contributed by atoms with van der Waals surface area (Å²) < 4.78 is 19.1. The summed E-state index contributed by atoms with van der Waals surface area (Å²) in [5.74, 6) is 1.58. The van der Waals surface area contributed by atoms with Crippen LogP contribution in [0, 0.1) is 11.7 Å². The van der Waals surface area contributed by atoms with Crippen molar-refractivity contribution in [3.05, 3.63) is 41.8 Å². The van der Waals surface area contributed by atoms with E-state index in [0.717, 1.165) is 25.1 Å². The van der Waals surface area contributed by atoms with Crippen LogP contribution in [0.3, 0.4) is 0 Å².